The maximum Gasteiger partial charge on any atom is 0.573 e. The Labute approximate surface area is 395 Å². The van der Waals surface area contributed by atoms with Crippen LogP contribution in [0.3, 0.4) is 0 Å². The lowest BCUT2D eigenvalue weighted by Gasteiger charge is -2.46. The number of amides is 1. The second-order valence-corrected chi connectivity index (χ2v) is 18.3. The van der Waals surface area contributed by atoms with E-state index in [2.05, 4.69) is 10.8 Å². The van der Waals surface area contributed by atoms with E-state index in [0.717, 1.165) is 35.9 Å². The van der Waals surface area contributed by atoms with Gasteiger partial charge in [-0.05, 0) is 141 Å². The molecule has 0 radical (unpaired) electrons. The van der Waals surface area contributed by atoms with Gasteiger partial charge in [0.2, 0.25) is 11.7 Å². The van der Waals surface area contributed by atoms with Gasteiger partial charge >= 0.3 is 12.5 Å². The lowest BCUT2D eigenvalue weighted by atomic mass is 9.64. The van der Waals surface area contributed by atoms with E-state index in [1.807, 2.05) is 26.0 Å². The van der Waals surface area contributed by atoms with Crippen LogP contribution in [0.2, 0.25) is 5.02 Å². The first-order chi connectivity index (χ1) is 32.1. The number of carbonyl (C=O) groups is 2. The van der Waals surface area contributed by atoms with Gasteiger partial charge in [0, 0.05) is 23.1 Å². The minimum absolute atomic E-state index is 0.0153. The van der Waals surface area contributed by atoms with E-state index >= 15 is 0 Å². The maximum absolute atomic E-state index is 14.8. The van der Waals surface area contributed by atoms with Crippen LogP contribution in [0.5, 0.6) is 17.2 Å². The van der Waals surface area contributed by atoms with Gasteiger partial charge in [0.15, 0.2) is 17.3 Å². The van der Waals surface area contributed by atoms with Crippen molar-refractivity contribution in [2.45, 2.75) is 102 Å². The normalized spacial score (nSPS) is 21.1. The zero-order valence-corrected chi connectivity index (χ0v) is 38.7. The molecule has 8 rings (SSSR count). The molecule has 0 spiro atoms. The number of nitrogens with zero attached hydrogens (tertiary/aromatic N) is 1. The fraction of sp³-hybridized carbons (Fsp3) is 0.385. The van der Waals surface area contributed by atoms with Crippen molar-refractivity contribution in [1.82, 2.24) is 4.90 Å². The Bertz CT molecular complexity index is 2660. The molecule has 9 nitrogen and oxygen atoms in total. The topological polar surface area (TPSA) is 119 Å². The van der Waals surface area contributed by atoms with Crippen LogP contribution in [0.4, 0.5) is 26.3 Å². The monoisotopic (exact) mass is 967 g/mol. The van der Waals surface area contributed by atoms with Crippen LogP contribution in [-0.4, -0.2) is 65.6 Å². The molecule has 2 bridgehead atoms. The van der Waals surface area contributed by atoms with Crippen molar-refractivity contribution in [1.29, 1.82) is 0 Å². The van der Waals surface area contributed by atoms with E-state index in [0.29, 0.717) is 65.9 Å². The fourth-order valence-corrected chi connectivity index (χ4v) is 9.88. The van der Waals surface area contributed by atoms with Crippen molar-refractivity contribution >= 4 is 23.3 Å². The van der Waals surface area contributed by atoms with Gasteiger partial charge in [-0.25, -0.2) is 0 Å². The number of ketones is 1. The molecule has 2 N–H and O–H groups in total. The number of aliphatic hydroxyl groups is 2. The predicted octanol–water partition coefficient (Wildman–Crippen LogP) is 12.1. The van der Waals surface area contributed by atoms with Crippen molar-refractivity contribution in [3.05, 3.63) is 147 Å². The first kappa shape index (κ1) is 50.1. The smallest absolute Gasteiger partial charge is 0.493 e. The number of halogens is 7. The lowest BCUT2D eigenvalue weighted by molar-refractivity contribution is -0.274. The zero-order valence-electron chi connectivity index (χ0n) is 37.9. The number of aliphatic hydroxyl groups excluding tert-OH is 1. The van der Waals surface area contributed by atoms with Gasteiger partial charge in [0.25, 0.3) is 0 Å². The van der Waals surface area contributed by atoms with E-state index in [-0.39, 0.29) is 60.0 Å². The molecule has 68 heavy (non-hydrogen) atoms. The Balaban J connectivity index is 1.28. The highest BCUT2D eigenvalue weighted by atomic mass is 35.5. The van der Waals surface area contributed by atoms with Gasteiger partial charge in [-0.15, -0.1) is 13.2 Å². The summed E-state index contributed by atoms with van der Waals surface area (Å²) in [4.78, 5) is 30.8. The molecule has 16 heteroatoms. The number of hydrogen-bond donors (Lipinski definition) is 2. The summed E-state index contributed by atoms with van der Waals surface area (Å²) < 4.78 is 101. The number of alkyl halides is 6. The van der Waals surface area contributed by atoms with E-state index in [1.54, 1.807) is 24.3 Å². The number of allylic oxidation sites excluding steroid dienone is 2. The largest absolute Gasteiger partial charge is 0.573 e. The van der Waals surface area contributed by atoms with Gasteiger partial charge in [0.05, 0.1) is 49.5 Å². The molecule has 5 aromatic rings. The number of benzene rings is 4. The predicted molar refractivity (Wildman–Crippen MR) is 243 cm³/mol. The van der Waals surface area contributed by atoms with E-state index < -0.39 is 58.6 Å². The summed E-state index contributed by atoms with van der Waals surface area (Å²) in [5.41, 5.74) is -0.0839. The summed E-state index contributed by atoms with van der Waals surface area (Å²) in [6.07, 6.45) is -5.66. The minimum Gasteiger partial charge on any atom is -0.493 e. The van der Waals surface area contributed by atoms with E-state index in [4.69, 9.17) is 25.5 Å². The first-order valence-corrected chi connectivity index (χ1v) is 22.5. The Morgan fingerprint density at radius 3 is 2.28 bits per heavy atom. The molecule has 362 valence electrons. The Kier molecular flexibility index (Phi) is 14.8. The highest BCUT2D eigenvalue weighted by molar-refractivity contribution is 6.33. The number of furan rings is 1. The number of ether oxygens (including phenoxy) is 3. The summed E-state index contributed by atoms with van der Waals surface area (Å²) in [6, 6.07) is 21.1. The van der Waals surface area contributed by atoms with Gasteiger partial charge in [-0.3, -0.25) is 9.59 Å². The first-order valence-electron chi connectivity index (χ1n) is 22.1. The molecule has 4 aromatic carbocycles. The number of hydrogen-bond acceptors (Lipinski definition) is 8. The van der Waals surface area contributed by atoms with Crippen LogP contribution in [0, 0.1) is 5.41 Å². The van der Waals surface area contributed by atoms with Crippen LogP contribution in [0.25, 0.3) is 11.3 Å². The third kappa shape index (κ3) is 11.2. The standard InChI is InChI=1S/C52H52ClF6NO8/c1-31-6-5-22-49(2)41(38-16-10-33(24-36(61)13-7-31)25-39(38)48(63)45-20-19-43(67-45)40-28-35(51(54,55)56)12-17-42(40)53)21-23-50(49,64)30-60(29-32-8-14-37(15-9-32)68-52(57,58)59)47(62)27-34-11-18-44(65-3)46(26-34)66-4/h6,8-12,14-20,25-26,28,36,41,61,64H,5,7,13,21-24,27,29-30H2,1-4H3/t36-,41-,49-,50+/m0/s1. The average Bonchev–Trinajstić information content (AvgIpc) is 3.87. The van der Waals surface area contributed by atoms with Crippen LogP contribution >= 0.6 is 11.6 Å². The second kappa shape index (κ2) is 20.1. The molecule has 1 saturated carbocycles. The molecule has 0 aliphatic heterocycles. The Hall–Kier alpha value is -5.77. The summed E-state index contributed by atoms with van der Waals surface area (Å²) >= 11 is 6.35. The van der Waals surface area contributed by atoms with Crippen LogP contribution in [0.1, 0.15) is 102 Å². The molecule has 1 fully saturated rings. The molecular formula is C52H52ClF6NO8. The highest BCUT2D eigenvalue weighted by Crippen LogP contribution is 2.59. The van der Waals surface area contributed by atoms with E-state index in [9.17, 15) is 46.1 Å². The van der Waals surface area contributed by atoms with Crippen molar-refractivity contribution < 1.29 is 64.8 Å². The molecule has 4 atom stereocenters. The van der Waals surface area contributed by atoms with Crippen molar-refractivity contribution in [2.24, 2.45) is 5.41 Å². The van der Waals surface area contributed by atoms with Crippen molar-refractivity contribution in [3.8, 4) is 28.6 Å². The van der Waals surface area contributed by atoms with E-state index in [1.165, 1.54) is 43.4 Å². The quantitative estimate of drug-likeness (QED) is 0.0721. The molecular weight excluding hydrogens is 916 g/mol. The average molecular weight is 968 g/mol. The number of rotatable bonds is 12. The third-order valence-corrected chi connectivity index (χ3v) is 13.8. The minimum atomic E-state index is -4.91. The van der Waals surface area contributed by atoms with Crippen LogP contribution in [-0.2, 0) is 30.4 Å². The lowest BCUT2D eigenvalue weighted by Crippen LogP contribution is -2.53. The summed E-state index contributed by atoms with van der Waals surface area (Å²) in [5.74, 6) is -1.27. The molecule has 0 saturated heterocycles. The third-order valence-electron chi connectivity index (χ3n) is 13.4. The van der Waals surface area contributed by atoms with Crippen LogP contribution < -0.4 is 14.2 Å². The molecule has 1 aromatic heterocycles. The molecule has 0 unspecified atom stereocenters. The number of fused-ring (bicyclic) bond motifs is 8. The summed E-state index contributed by atoms with van der Waals surface area (Å²) in [6.45, 7) is 3.64. The van der Waals surface area contributed by atoms with Crippen LogP contribution in [0.15, 0.2) is 107 Å². The summed E-state index contributed by atoms with van der Waals surface area (Å²) in [7, 11) is 2.95. The summed E-state index contributed by atoms with van der Waals surface area (Å²) in [5, 5.41) is 24.3. The SMILES string of the molecule is COc1ccc(CC(=O)N(Cc2ccc(OC(F)(F)F)cc2)C[C@]2(O)CC[C@H]3c4ccc(cc4C(=O)c4ccc(-c5cc(C(F)(F)F)ccc5Cl)o4)C[C@@H](O)CCC(C)=CCC[C@@]32C)cc1OC. The fourth-order valence-electron chi connectivity index (χ4n) is 9.67. The zero-order chi connectivity index (χ0) is 49.2. The number of carbonyl (C=O) groups excluding carboxylic acids is 2. The molecule has 3 aliphatic carbocycles. The van der Waals surface area contributed by atoms with Gasteiger partial charge in [-0.1, -0.05) is 60.5 Å². The second-order valence-electron chi connectivity index (χ2n) is 17.9. The highest BCUT2D eigenvalue weighted by Gasteiger charge is 2.57. The van der Waals surface area contributed by atoms with Crippen molar-refractivity contribution in [3.63, 3.8) is 0 Å². The Morgan fingerprint density at radius 1 is 0.868 bits per heavy atom. The maximum atomic E-state index is 14.8. The molecule has 1 amide bonds. The van der Waals surface area contributed by atoms with Gasteiger partial charge < -0.3 is 33.7 Å². The number of methoxy groups -OCH3 is 2. The van der Waals surface area contributed by atoms with Gasteiger partial charge in [-0.2, -0.15) is 13.2 Å². The Morgan fingerprint density at radius 2 is 1.59 bits per heavy atom. The van der Waals surface area contributed by atoms with Gasteiger partial charge in [0.1, 0.15) is 11.5 Å². The van der Waals surface area contributed by atoms with Crippen molar-refractivity contribution in [2.75, 3.05) is 20.8 Å². The molecule has 1 heterocycles. The molecule has 3 aliphatic rings.